The molecule has 4 aliphatic rings. The molecule has 4 fully saturated rings. The van der Waals surface area contributed by atoms with Gasteiger partial charge in [0.2, 0.25) is 0 Å². The largest absolute Gasteiger partial charge is 0.383 e. The van der Waals surface area contributed by atoms with Gasteiger partial charge >= 0.3 is 0 Å². The fraction of sp³-hybridized carbons (Fsp3) is 0.812. The average molecular weight is 275 g/mol. The van der Waals surface area contributed by atoms with Crippen molar-refractivity contribution in [2.45, 2.75) is 37.7 Å². The number of rotatable bonds is 3. The van der Waals surface area contributed by atoms with Crippen molar-refractivity contribution in [3.63, 3.8) is 0 Å². The Balaban J connectivity index is 1.71. The molecule has 1 aromatic rings. The molecule has 4 saturated carbocycles. The van der Waals surface area contributed by atoms with Gasteiger partial charge in [0.05, 0.1) is 6.20 Å². The predicted octanol–water partition coefficient (Wildman–Crippen LogP) is 1.64. The first-order valence-corrected chi connectivity index (χ1v) is 8.01. The van der Waals surface area contributed by atoms with E-state index in [0.29, 0.717) is 24.3 Å². The number of aryl methyl sites for hydroxylation is 1. The summed E-state index contributed by atoms with van der Waals surface area (Å²) >= 11 is 0. The molecule has 4 bridgehead atoms. The fourth-order valence-electron chi connectivity index (χ4n) is 5.80. The summed E-state index contributed by atoms with van der Waals surface area (Å²) in [5.41, 5.74) is 6.08. The molecule has 0 saturated heterocycles. The molecule has 5 rings (SSSR count). The molecule has 4 aliphatic carbocycles. The zero-order valence-corrected chi connectivity index (χ0v) is 12.2. The van der Waals surface area contributed by atoms with Crippen LogP contribution in [0.3, 0.4) is 0 Å². The molecule has 1 aromatic heterocycles. The lowest BCUT2D eigenvalue weighted by molar-refractivity contribution is -0.143. The van der Waals surface area contributed by atoms with Crippen LogP contribution >= 0.6 is 0 Å². The first-order chi connectivity index (χ1) is 9.60. The number of aromatic nitrogens is 2. The molecule has 0 radical (unpaired) electrons. The monoisotopic (exact) mass is 275 g/mol. The van der Waals surface area contributed by atoms with E-state index in [0.717, 1.165) is 17.4 Å². The first-order valence-electron chi connectivity index (χ1n) is 8.01. The summed E-state index contributed by atoms with van der Waals surface area (Å²) in [6.45, 7) is 0.311. The molecule has 110 valence electrons. The molecule has 0 aliphatic heterocycles. The summed E-state index contributed by atoms with van der Waals surface area (Å²) in [4.78, 5) is 0. The second-order valence-corrected chi connectivity index (χ2v) is 7.49. The molecule has 0 spiro atoms. The van der Waals surface area contributed by atoms with Gasteiger partial charge in [0.1, 0.15) is 5.60 Å². The molecule has 0 amide bonds. The van der Waals surface area contributed by atoms with E-state index in [-0.39, 0.29) is 0 Å². The Kier molecular flexibility index (Phi) is 2.77. The molecule has 1 heterocycles. The number of nitrogens with zero attached hydrogens (tertiary/aromatic N) is 2. The minimum atomic E-state index is -0.878. The smallest absolute Gasteiger partial charge is 0.108 e. The summed E-state index contributed by atoms with van der Waals surface area (Å²) in [7, 11) is 1.90. The van der Waals surface area contributed by atoms with E-state index in [1.165, 1.54) is 32.1 Å². The zero-order chi connectivity index (χ0) is 13.9. The van der Waals surface area contributed by atoms with Crippen LogP contribution in [-0.2, 0) is 12.6 Å². The van der Waals surface area contributed by atoms with Gasteiger partial charge in [-0.15, -0.1) is 0 Å². The van der Waals surface area contributed by atoms with Crippen molar-refractivity contribution in [1.82, 2.24) is 9.78 Å². The van der Waals surface area contributed by atoms with Gasteiger partial charge in [-0.05, 0) is 61.7 Å². The van der Waals surface area contributed by atoms with Crippen molar-refractivity contribution in [2.75, 3.05) is 6.54 Å². The second-order valence-electron chi connectivity index (χ2n) is 7.49. The molecule has 20 heavy (non-hydrogen) atoms. The lowest BCUT2D eigenvalue weighted by Crippen LogP contribution is -2.56. The maximum atomic E-state index is 11.4. The Labute approximate surface area is 120 Å². The fourth-order valence-corrected chi connectivity index (χ4v) is 5.80. The van der Waals surface area contributed by atoms with Crippen LogP contribution in [0.1, 0.15) is 37.7 Å². The van der Waals surface area contributed by atoms with Crippen LogP contribution in [0, 0.1) is 29.6 Å². The van der Waals surface area contributed by atoms with Crippen molar-refractivity contribution in [3.05, 3.63) is 18.0 Å². The van der Waals surface area contributed by atoms with Gasteiger partial charge in [-0.3, -0.25) is 4.68 Å². The van der Waals surface area contributed by atoms with Gasteiger partial charge in [0.25, 0.3) is 0 Å². The van der Waals surface area contributed by atoms with Crippen LogP contribution in [0.25, 0.3) is 0 Å². The minimum Gasteiger partial charge on any atom is -0.383 e. The second kappa shape index (κ2) is 4.31. The molecule has 4 nitrogen and oxygen atoms in total. The standard InChI is InChI=1S/C16H25N3O/c1-19-8-14(7-18-19)16(20,9-17)15-12-3-10-2-11(5-12)6-13(15)4-10/h7-8,10-13,15,20H,2-6,9,17H2,1H3. The lowest BCUT2D eigenvalue weighted by atomic mass is 9.48. The van der Waals surface area contributed by atoms with E-state index in [1.54, 1.807) is 10.9 Å². The van der Waals surface area contributed by atoms with E-state index in [2.05, 4.69) is 5.10 Å². The van der Waals surface area contributed by atoms with E-state index in [4.69, 9.17) is 5.73 Å². The van der Waals surface area contributed by atoms with Gasteiger partial charge in [0, 0.05) is 25.4 Å². The van der Waals surface area contributed by atoms with Crippen molar-refractivity contribution in [1.29, 1.82) is 0 Å². The van der Waals surface area contributed by atoms with E-state index >= 15 is 0 Å². The van der Waals surface area contributed by atoms with Crippen molar-refractivity contribution in [2.24, 2.45) is 42.4 Å². The SMILES string of the molecule is Cn1cc(C(O)(CN)C2C3CC4CC(C3)CC2C4)cn1. The third kappa shape index (κ3) is 1.70. The number of aliphatic hydroxyl groups is 1. The maximum absolute atomic E-state index is 11.4. The topological polar surface area (TPSA) is 64.1 Å². The molecular formula is C16H25N3O. The number of hydrogen-bond donors (Lipinski definition) is 2. The third-order valence-electron chi connectivity index (χ3n) is 6.29. The highest BCUT2D eigenvalue weighted by molar-refractivity contribution is 5.20. The molecule has 0 aromatic carbocycles. The Morgan fingerprint density at radius 2 is 1.85 bits per heavy atom. The van der Waals surface area contributed by atoms with Crippen LogP contribution in [0.4, 0.5) is 0 Å². The van der Waals surface area contributed by atoms with Gasteiger partial charge in [-0.2, -0.15) is 5.10 Å². The van der Waals surface area contributed by atoms with E-state index in [1.807, 2.05) is 13.2 Å². The predicted molar refractivity (Wildman–Crippen MR) is 76.7 cm³/mol. The quantitative estimate of drug-likeness (QED) is 0.881. The summed E-state index contributed by atoms with van der Waals surface area (Å²) in [6, 6.07) is 0. The summed E-state index contributed by atoms with van der Waals surface area (Å²) in [6.07, 6.45) is 10.4. The van der Waals surface area contributed by atoms with Crippen LogP contribution in [-0.4, -0.2) is 21.4 Å². The highest BCUT2D eigenvalue weighted by Gasteiger charge is 2.55. The minimum absolute atomic E-state index is 0.311. The summed E-state index contributed by atoms with van der Waals surface area (Å²) < 4.78 is 1.77. The van der Waals surface area contributed by atoms with E-state index < -0.39 is 5.60 Å². The molecule has 4 heteroatoms. The van der Waals surface area contributed by atoms with Gasteiger partial charge in [-0.1, -0.05) is 0 Å². The van der Waals surface area contributed by atoms with Crippen LogP contribution < -0.4 is 5.73 Å². The normalized spacial score (nSPS) is 41.9. The zero-order valence-electron chi connectivity index (χ0n) is 12.2. The third-order valence-corrected chi connectivity index (χ3v) is 6.29. The first kappa shape index (κ1) is 12.8. The van der Waals surface area contributed by atoms with Crippen molar-refractivity contribution < 1.29 is 5.11 Å². The van der Waals surface area contributed by atoms with Crippen LogP contribution in [0.2, 0.25) is 0 Å². The molecule has 1 atom stereocenters. The van der Waals surface area contributed by atoms with Crippen LogP contribution in [0.5, 0.6) is 0 Å². The molecular weight excluding hydrogens is 250 g/mol. The average Bonchev–Trinajstić information content (AvgIpc) is 2.84. The van der Waals surface area contributed by atoms with Crippen molar-refractivity contribution >= 4 is 0 Å². The highest BCUT2D eigenvalue weighted by Crippen LogP contribution is 2.60. The van der Waals surface area contributed by atoms with E-state index in [9.17, 15) is 5.11 Å². The molecule has 1 unspecified atom stereocenters. The van der Waals surface area contributed by atoms with Gasteiger partial charge < -0.3 is 10.8 Å². The number of hydrogen-bond acceptors (Lipinski definition) is 3. The van der Waals surface area contributed by atoms with Crippen molar-refractivity contribution in [3.8, 4) is 0 Å². The number of nitrogens with two attached hydrogens (primary N) is 1. The lowest BCUT2D eigenvalue weighted by Gasteiger charge is -2.58. The summed E-state index contributed by atoms with van der Waals surface area (Å²) in [5.74, 6) is 3.51. The summed E-state index contributed by atoms with van der Waals surface area (Å²) in [5, 5.41) is 15.6. The maximum Gasteiger partial charge on any atom is 0.108 e. The Morgan fingerprint density at radius 1 is 1.25 bits per heavy atom. The van der Waals surface area contributed by atoms with Crippen LogP contribution in [0.15, 0.2) is 12.4 Å². The Morgan fingerprint density at radius 3 is 2.30 bits per heavy atom. The molecule has 3 N–H and O–H groups in total. The Hall–Kier alpha value is -0.870. The van der Waals surface area contributed by atoms with Gasteiger partial charge in [-0.25, -0.2) is 0 Å². The Bertz CT molecular complexity index is 484. The van der Waals surface area contributed by atoms with Gasteiger partial charge in [0.15, 0.2) is 0 Å². The highest BCUT2D eigenvalue weighted by atomic mass is 16.3.